The number of rotatable bonds is 9. The van der Waals surface area contributed by atoms with Crippen molar-refractivity contribution in [3.63, 3.8) is 0 Å². The van der Waals surface area contributed by atoms with Crippen molar-refractivity contribution in [2.45, 2.75) is 34.1 Å². The molecule has 1 amide bonds. The highest BCUT2D eigenvalue weighted by Crippen LogP contribution is 2.09. The Hall–Kier alpha value is -2.63. The maximum atomic E-state index is 12.4. The number of benzene rings is 1. The largest absolute Gasteiger partial charge is 0.455 e. The van der Waals surface area contributed by atoms with Gasteiger partial charge < -0.3 is 9.64 Å². The van der Waals surface area contributed by atoms with Crippen LogP contribution in [0.4, 0.5) is 0 Å². The number of hydrogen-bond donors (Lipinski definition) is 0. The van der Waals surface area contributed by atoms with Gasteiger partial charge in [0.2, 0.25) is 0 Å². The molecule has 0 N–H and O–H groups in total. The Kier molecular flexibility index (Phi) is 7.58. The van der Waals surface area contributed by atoms with Gasteiger partial charge in [0.15, 0.2) is 6.61 Å². The van der Waals surface area contributed by atoms with Gasteiger partial charge in [-0.05, 0) is 24.0 Å². The van der Waals surface area contributed by atoms with E-state index in [0.717, 1.165) is 11.3 Å². The van der Waals surface area contributed by atoms with E-state index in [0.29, 0.717) is 24.9 Å². The second-order valence-corrected chi connectivity index (χ2v) is 7.55. The summed E-state index contributed by atoms with van der Waals surface area (Å²) >= 11 is 0. The molecule has 2 rings (SSSR count). The topological polar surface area (TPSA) is 64.4 Å². The van der Waals surface area contributed by atoms with Gasteiger partial charge >= 0.3 is 5.97 Å². The smallest absolute Gasteiger partial charge is 0.310 e. The number of aromatic nitrogens is 2. The van der Waals surface area contributed by atoms with Crippen LogP contribution in [0.3, 0.4) is 0 Å². The second-order valence-electron chi connectivity index (χ2n) is 7.55. The molecule has 0 saturated carbocycles. The highest BCUT2D eigenvalue weighted by molar-refractivity contribution is 5.81. The summed E-state index contributed by atoms with van der Waals surface area (Å²) in [4.78, 5) is 26.3. The van der Waals surface area contributed by atoms with E-state index in [-0.39, 0.29) is 18.9 Å². The summed E-state index contributed by atoms with van der Waals surface area (Å²) < 4.78 is 6.91. The van der Waals surface area contributed by atoms with Crippen LogP contribution in [0.2, 0.25) is 0 Å². The first-order valence-corrected chi connectivity index (χ1v) is 9.37. The number of amides is 1. The molecule has 0 radical (unpaired) electrons. The molecule has 0 aliphatic rings. The highest BCUT2D eigenvalue weighted by atomic mass is 16.5. The van der Waals surface area contributed by atoms with E-state index in [2.05, 4.69) is 32.8 Å². The maximum Gasteiger partial charge on any atom is 0.310 e. The van der Waals surface area contributed by atoms with Crippen LogP contribution in [-0.2, 0) is 20.7 Å². The third kappa shape index (κ3) is 6.89. The predicted molar refractivity (Wildman–Crippen MR) is 104 cm³/mol. The average molecular weight is 371 g/mol. The van der Waals surface area contributed by atoms with E-state index < -0.39 is 5.97 Å². The Morgan fingerprint density at radius 1 is 1.07 bits per heavy atom. The first-order chi connectivity index (χ1) is 12.8. The van der Waals surface area contributed by atoms with Crippen molar-refractivity contribution in [1.29, 1.82) is 0 Å². The molecule has 0 aliphatic carbocycles. The molecular formula is C21H29N3O3. The van der Waals surface area contributed by atoms with E-state index in [1.54, 1.807) is 22.0 Å². The normalized spacial score (nSPS) is 11.0. The zero-order chi connectivity index (χ0) is 19.8. The molecule has 0 atom stereocenters. The van der Waals surface area contributed by atoms with Crippen molar-refractivity contribution in [1.82, 2.24) is 14.7 Å². The highest BCUT2D eigenvalue weighted by Gasteiger charge is 2.18. The predicted octanol–water partition coefficient (Wildman–Crippen LogP) is 3.10. The first kappa shape index (κ1) is 20.7. The van der Waals surface area contributed by atoms with Crippen LogP contribution in [0.15, 0.2) is 42.7 Å². The van der Waals surface area contributed by atoms with Crippen LogP contribution < -0.4 is 0 Å². The summed E-state index contributed by atoms with van der Waals surface area (Å²) in [6, 6.07) is 9.66. The molecule has 2 aromatic rings. The monoisotopic (exact) mass is 371 g/mol. The molecule has 0 bridgehead atoms. The van der Waals surface area contributed by atoms with Crippen molar-refractivity contribution in [2.75, 3.05) is 19.7 Å². The lowest BCUT2D eigenvalue weighted by molar-refractivity contribution is -0.151. The molecule has 0 saturated heterocycles. The SMILES string of the molecule is CC(C)CN(CC(C)C)C(=O)COC(=O)Cc1cnn(-c2ccccc2)c1. The van der Waals surface area contributed by atoms with Gasteiger partial charge in [0.1, 0.15) is 0 Å². The lowest BCUT2D eigenvalue weighted by Crippen LogP contribution is -2.39. The summed E-state index contributed by atoms with van der Waals surface area (Å²) in [7, 11) is 0. The zero-order valence-corrected chi connectivity index (χ0v) is 16.6. The van der Waals surface area contributed by atoms with Gasteiger partial charge in [-0.2, -0.15) is 5.10 Å². The lowest BCUT2D eigenvalue weighted by atomic mass is 10.1. The van der Waals surface area contributed by atoms with Gasteiger partial charge in [0.05, 0.1) is 18.3 Å². The Morgan fingerprint density at radius 2 is 1.70 bits per heavy atom. The van der Waals surface area contributed by atoms with Crippen LogP contribution in [0.25, 0.3) is 5.69 Å². The standard InChI is InChI=1S/C21H29N3O3/c1-16(2)12-23(13-17(3)4)20(25)15-27-21(26)10-18-11-22-24(14-18)19-8-6-5-7-9-19/h5-9,11,14,16-17H,10,12-13,15H2,1-4H3. The number of hydrogen-bond acceptors (Lipinski definition) is 4. The van der Waals surface area contributed by atoms with Crippen molar-refractivity contribution >= 4 is 11.9 Å². The molecule has 0 aliphatic heterocycles. The minimum absolute atomic E-state index is 0.0917. The quantitative estimate of drug-likeness (QED) is 0.636. The summed E-state index contributed by atoms with van der Waals surface area (Å²) in [5.41, 5.74) is 1.67. The molecule has 146 valence electrons. The molecular weight excluding hydrogens is 342 g/mol. The summed E-state index contributed by atoms with van der Waals surface area (Å²) in [5.74, 6) is 0.162. The summed E-state index contributed by atoms with van der Waals surface area (Å²) in [6.45, 7) is 9.38. The molecule has 0 spiro atoms. The average Bonchev–Trinajstić information content (AvgIpc) is 3.07. The Balaban J connectivity index is 1.86. The molecule has 6 heteroatoms. The van der Waals surface area contributed by atoms with Crippen molar-refractivity contribution in [2.24, 2.45) is 11.8 Å². The van der Waals surface area contributed by atoms with Gasteiger partial charge in [0, 0.05) is 24.8 Å². The molecule has 6 nitrogen and oxygen atoms in total. The van der Waals surface area contributed by atoms with Crippen molar-refractivity contribution in [3.8, 4) is 5.69 Å². The number of carbonyl (C=O) groups excluding carboxylic acids is 2. The van der Waals surface area contributed by atoms with Crippen LogP contribution in [0.5, 0.6) is 0 Å². The lowest BCUT2D eigenvalue weighted by Gasteiger charge is -2.26. The molecule has 27 heavy (non-hydrogen) atoms. The Morgan fingerprint density at radius 3 is 2.30 bits per heavy atom. The fourth-order valence-corrected chi connectivity index (χ4v) is 2.78. The third-order valence-corrected chi connectivity index (χ3v) is 3.89. The van der Waals surface area contributed by atoms with Gasteiger partial charge in [-0.15, -0.1) is 0 Å². The van der Waals surface area contributed by atoms with Crippen LogP contribution in [-0.4, -0.2) is 46.3 Å². The molecule has 1 heterocycles. The number of carbonyl (C=O) groups is 2. The van der Waals surface area contributed by atoms with Gasteiger partial charge in [-0.3, -0.25) is 9.59 Å². The van der Waals surface area contributed by atoms with Crippen LogP contribution in [0, 0.1) is 11.8 Å². The molecule has 0 fully saturated rings. The minimum atomic E-state index is -0.426. The van der Waals surface area contributed by atoms with E-state index in [4.69, 9.17) is 4.74 Å². The Labute approximate surface area is 161 Å². The second kappa shape index (κ2) is 9.90. The van der Waals surface area contributed by atoms with Gasteiger partial charge in [0.25, 0.3) is 5.91 Å². The van der Waals surface area contributed by atoms with E-state index >= 15 is 0 Å². The summed E-state index contributed by atoms with van der Waals surface area (Å²) in [6.07, 6.45) is 3.52. The first-order valence-electron chi connectivity index (χ1n) is 9.37. The number of ether oxygens (including phenoxy) is 1. The molecule has 1 aromatic carbocycles. The number of esters is 1. The zero-order valence-electron chi connectivity index (χ0n) is 16.6. The van der Waals surface area contributed by atoms with Gasteiger partial charge in [-0.25, -0.2) is 4.68 Å². The molecule has 1 aromatic heterocycles. The fraction of sp³-hybridized carbons (Fsp3) is 0.476. The van der Waals surface area contributed by atoms with Crippen LogP contribution in [0.1, 0.15) is 33.3 Å². The number of para-hydroxylation sites is 1. The van der Waals surface area contributed by atoms with E-state index in [9.17, 15) is 9.59 Å². The minimum Gasteiger partial charge on any atom is -0.455 e. The summed E-state index contributed by atoms with van der Waals surface area (Å²) in [5, 5.41) is 4.26. The van der Waals surface area contributed by atoms with Crippen molar-refractivity contribution < 1.29 is 14.3 Å². The maximum absolute atomic E-state index is 12.4. The van der Waals surface area contributed by atoms with Gasteiger partial charge in [-0.1, -0.05) is 45.9 Å². The Bertz CT molecular complexity index is 728. The molecule has 0 unspecified atom stereocenters. The van der Waals surface area contributed by atoms with Crippen molar-refractivity contribution in [3.05, 3.63) is 48.3 Å². The van der Waals surface area contributed by atoms with E-state index in [1.165, 1.54) is 0 Å². The third-order valence-electron chi connectivity index (χ3n) is 3.89. The fourth-order valence-electron chi connectivity index (χ4n) is 2.78. The van der Waals surface area contributed by atoms with Crippen LogP contribution >= 0.6 is 0 Å². The number of nitrogens with zero attached hydrogens (tertiary/aromatic N) is 3. The van der Waals surface area contributed by atoms with E-state index in [1.807, 2.05) is 30.3 Å².